The lowest BCUT2D eigenvalue weighted by molar-refractivity contribution is -0.148. The third-order valence-electron chi connectivity index (χ3n) is 3.72. The van der Waals surface area contributed by atoms with Crippen LogP contribution in [0.15, 0.2) is 0 Å². The average molecular weight is 238 g/mol. The fourth-order valence-electron chi connectivity index (χ4n) is 2.76. The molecule has 0 saturated heterocycles. The van der Waals surface area contributed by atoms with Crippen LogP contribution in [0, 0.1) is 13.8 Å². The summed E-state index contributed by atoms with van der Waals surface area (Å²) in [6.45, 7) is 6.57. The average Bonchev–Trinajstić information content (AvgIpc) is 3.00. The number of carboxylic acids is 1. The Balaban J connectivity index is 2.47. The predicted molar refractivity (Wildman–Crippen MR) is 61.9 cm³/mol. The number of aliphatic carboxylic acids is 1. The quantitative estimate of drug-likeness (QED) is 0.820. The van der Waals surface area contributed by atoms with Gasteiger partial charge in [-0.1, -0.05) is 0 Å². The maximum atomic E-state index is 11.0. The second-order valence-corrected chi connectivity index (χ2v) is 4.76. The summed E-state index contributed by atoms with van der Waals surface area (Å²) in [6.07, 6.45) is 0.115. The lowest BCUT2D eigenvalue weighted by atomic mass is 9.88. The van der Waals surface area contributed by atoms with Crippen LogP contribution in [0.4, 0.5) is 0 Å². The van der Waals surface area contributed by atoms with Gasteiger partial charge in [-0.15, -0.1) is 0 Å². The second-order valence-electron chi connectivity index (χ2n) is 4.76. The third kappa shape index (κ3) is 1.65. The van der Waals surface area contributed by atoms with Crippen LogP contribution in [0.2, 0.25) is 0 Å². The van der Waals surface area contributed by atoms with Crippen LogP contribution in [-0.4, -0.2) is 32.1 Å². The molecule has 0 aliphatic heterocycles. The molecule has 1 unspecified atom stereocenters. The Morgan fingerprint density at radius 3 is 2.47 bits per heavy atom. The number of hydrogen-bond acceptors (Lipinski definition) is 3. The number of aliphatic hydroxyl groups is 1. The first-order chi connectivity index (χ1) is 7.94. The van der Waals surface area contributed by atoms with Crippen molar-refractivity contribution in [3.05, 3.63) is 17.0 Å². The van der Waals surface area contributed by atoms with Crippen LogP contribution in [0.1, 0.15) is 36.7 Å². The molecular formula is C12H18N2O3. The number of aromatic nitrogens is 2. The van der Waals surface area contributed by atoms with Crippen molar-refractivity contribution in [1.82, 2.24) is 9.78 Å². The van der Waals surface area contributed by atoms with Gasteiger partial charge < -0.3 is 10.2 Å². The van der Waals surface area contributed by atoms with Crippen molar-refractivity contribution in [2.45, 2.75) is 51.7 Å². The van der Waals surface area contributed by atoms with E-state index in [-0.39, 0.29) is 0 Å². The number of rotatable bonds is 4. The first-order valence-corrected chi connectivity index (χ1v) is 5.89. The van der Waals surface area contributed by atoms with Crippen molar-refractivity contribution in [3.63, 3.8) is 0 Å². The van der Waals surface area contributed by atoms with Crippen molar-refractivity contribution in [2.75, 3.05) is 0 Å². The molecule has 1 atom stereocenters. The van der Waals surface area contributed by atoms with Gasteiger partial charge in [0.15, 0.2) is 6.10 Å². The predicted octanol–water partition coefficient (Wildman–Crippen LogP) is 0.997. The zero-order chi connectivity index (χ0) is 12.8. The van der Waals surface area contributed by atoms with E-state index in [1.165, 1.54) is 0 Å². The maximum Gasteiger partial charge on any atom is 0.333 e. The van der Waals surface area contributed by atoms with Gasteiger partial charge in [0, 0.05) is 23.2 Å². The molecule has 94 valence electrons. The summed E-state index contributed by atoms with van der Waals surface area (Å²) in [7, 11) is 0. The number of nitrogens with zero attached hydrogens (tertiary/aromatic N) is 2. The minimum absolute atomic E-state index is 0.604. The van der Waals surface area contributed by atoms with Gasteiger partial charge in [-0.2, -0.15) is 5.10 Å². The molecule has 1 aromatic heterocycles. The highest BCUT2D eigenvalue weighted by atomic mass is 16.4. The fourth-order valence-corrected chi connectivity index (χ4v) is 2.76. The van der Waals surface area contributed by atoms with E-state index in [1.807, 2.05) is 25.5 Å². The Morgan fingerprint density at radius 1 is 1.53 bits per heavy atom. The summed E-state index contributed by atoms with van der Waals surface area (Å²) >= 11 is 0. The lowest BCUT2D eigenvalue weighted by Gasteiger charge is -2.19. The van der Waals surface area contributed by atoms with Gasteiger partial charge in [0.05, 0.1) is 5.69 Å². The molecule has 0 amide bonds. The molecule has 1 aliphatic carbocycles. The van der Waals surface area contributed by atoms with E-state index < -0.39 is 17.5 Å². The van der Waals surface area contributed by atoms with Gasteiger partial charge in [-0.25, -0.2) is 4.79 Å². The maximum absolute atomic E-state index is 11.0. The molecule has 0 spiro atoms. The minimum atomic E-state index is -1.32. The van der Waals surface area contributed by atoms with Crippen LogP contribution < -0.4 is 0 Å². The molecule has 1 aliphatic rings. The van der Waals surface area contributed by atoms with Crippen LogP contribution in [0.3, 0.4) is 0 Å². The highest BCUT2D eigenvalue weighted by Gasteiger charge is 2.55. The number of carboxylic acid groups (broad SMARTS) is 1. The molecular weight excluding hydrogens is 220 g/mol. The number of hydrogen-bond donors (Lipinski definition) is 2. The van der Waals surface area contributed by atoms with Gasteiger partial charge in [-0.3, -0.25) is 4.68 Å². The van der Waals surface area contributed by atoms with E-state index in [1.54, 1.807) is 0 Å². The van der Waals surface area contributed by atoms with E-state index in [0.29, 0.717) is 0 Å². The Bertz CT molecular complexity index is 461. The van der Waals surface area contributed by atoms with Gasteiger partial charge >= 0.3 is 5.97 Å². The monoisotopic (exact) mass is 238 g/mol. The Labute approximate surface area is 100 Å². The molecule has 0 radical (unpaired) electrons. The van der Waals surface area contributed by atoms with Crippen LogP contribution in [0.25, 0.3) is 0 Å². The SMILES string of the molecule is CCn1nc(C)c(C2(C(O)C(=O)O)CC2)c1C. The highest BCUT2D eigenvalue weighted by molar-refractivity contribution is 5.76. The largest absolute Gasteiger partial charge is 0.479 e. The second kappa shape index (κ2) is 3.84. The summed E-state index contributed by atoms with van der Waals surface area (Å²) < 4.78 is 1.86. The molecule has 0 aromatic carbocycles. The van der Waals surface area contributed by atoms with Crippen molar-refractivity contribution in [3.8, 4) is 0 Å². The molecule has 5 nitrogen and oxygen atoms in total. The fraction of sp³-hybridized carbons (Fsp3) is 0.667. The molecule has 2 rings (SSSR count). The van der Waals surface area contributed by atoms with Crippen molar-refractivity contribution in [1.29, 1.82) is 0 Å². The lowest BCUT2D eigenvalue weighted by Crippen LogP contribution is -2.34. The number of aryl methyl sites for hydroxylation is 2. The number of aliphatic hydroxyl groups excluding tert-OH is 1. The zero-order valence-corrected chi connectivity index (χ0v) is 10.4. The van der Waals surface area contributed by atoms with Crippen LogP contribution >= 0.6 is 0 Å². The molecule has 1 saturated carbocycles. The third-order valence-corrected chi connectivity index (χ3v) is 3.72. The van der Waals surface area contributed by atoms with Gasteiger partial charge in [0.2, 0.25) is 0 Å². The molecule has 0 bridgehead atoms. The topological polar surface area (TPSA) is 75.3 Å². The summed E-state index contributed by atoms with van der Waals surface area (Å²) in [6, 6.07) is 0. The van der Waals surface area contributed by atoms with Gasteiger partial charge in [-0.05, 0) is 33.6 Å². The standard InChI is InChI=1S/C12H18N2O3/c1-4-14-8(3)9(7(2)13-14)12(5-6-12)10(15)11(16)17/h10,15H,4-6H2,1-3H3,(H,16,17). The minimum Gasteiger partial charge on any atom is -0.479 e. The molecule has 1 aromatic rings. The summed E-state index contributed by atoms with van der Waals surface area (Å²) in [4.78, 5) is 11.0. The van der Waals surface area contributed by atoms with Crippen LogP contribution in [0.5, 0.6) is 0 Å². The van der Waals surface area contributed by atoms with E-state index in [0.717, 1.165) is 36.3 Å². The van der Waals surface area contributed by atoms with Crippen LogP contribution in [-0.2, 0) is 16.8 Å². The van der Waals surface area contributed by atoms with Crippen molar-refractivity contribution in [2.24, 2.45) is 0 Å². The van der Waals surface area contributed by atoms with Crippen molar-refractivity contribution >= 4 is 5.97 Å². The highest BCUT2D eigenvalue weighted by Crippen LogP contribution is 2.53. The molecule has 2 N–H and O–H groups in total. The van der Waals surface area contributed by atoms with Gasteiger partial charge in [0.1, 0.15) is 0 Å². The zero-order valence-electron chi connectivity index (χ0n) is 10.4. The van der Waals surface area contributed by atoms with E-state index in [9.17, 15) is 9.90 Å². The van der Waals surface area contributed by atoms with Crippen molar-refractivity contribution < 1.29 is 15.0 Å². The van der Waals surface area contributed by atoms with E-state index in [2.05, 4.69) is 5.10 Å². The van der Waals surface area contributed by atoms with E-state index in [4.69, 9.17) is 5.11 Å². The molecule has 1 heterocycles. The Morgan fingerprint density at radius 2 is 2.12 bits per heavy atom. The Kier molecular flexibility index (Phi) is 2.73. The summed E-state index contributed by atoms with van der Waals surface area (Å²) in [5, 5.41) is 23.2. The first kappa shape index (κ1) is 12.1. The van der Waals surface area contributed by atoms with E-state index >= 15 is 0 Å². The molecule has 5 heteroatoms. The number of carbonyl (C=O) groups is 1. The summed E-state index contributed by atoms with van der Waals surface area (Å²) in [5.41, 5.74) is 2.13. The Hall–Kier alpha value is -1.36. The molecule has 1 fully saturated rings. The normalized spacial score (nSPS) is 19.1. The summed E-state index contributed by atoms with van der Waals surface area (Å²) in [5.74, 6) is -1.15. The smallest absolute Gasteiger partial charge is 0.333 e. The molecule has 17 heavy (non-hydrogen) atoms. The first-order valence-electron chi connectivity index (χ1n) is 5.89. The van der Waals surface area contributed by atoms with Gasteiger partial charge in [0.25, 0.3) is 0 Å².